The second-order valence-electron chi connectivity index (χ2n) is 4.18. The van der Waals surface area contributed by atoms with Crippen LogP contribution < -0.4 is 5.32 Å². The van der Waals surface area contributed by atoms with Gasteiger partial charge in [0.2, 0.25) is 0 Å². The Morgan fingerprint density at radius 3 is 3.00 bits per heavy atom. The molecular formula is C12H14ClN3O. The van der Waals surface area contributed by atoms with Crippen molar-refractivity contribution in [1.29, 1.82) is 5.26 Å². The van der Waals surface area contributed by atoms with Gasteiger partial charge in [0.25, 0.3) is 0 Å². The minimum Gasteiger partial charge on any atom is -0.381 e. The summed E-state index contributed by atoms with van der Waals surface area (Å²) in [4.78, 5) is 4.16. The normalized spacial score (nSPS) is 23.4. The van der Waals surface area contributed by atoms with Crippen LogP contribution in [0.25, 0.3) is 0 Å². The van der Waals surface area contributed by atoms with Crippen molar-refractivity contribution >= 4 is 17.4 Å². The van der Waals surface area contributed by atoms with Crippen molar-refractivity contribution in [3.05, 3.63) is 22.8 Å². The third-order valence-corrected chi connectivity index (χ3v) is 3.32. The lowest BCUT2D eigenvalue weighted by atomic mass is 10.2. The van der Waals surface area contributed by atoms with Crippen LogP contribution in [0.5, 0.6) is 0 Å². The minimum atomic E-state index is 0.324. The molecule has 90 valence electrons. The van der Waals surface area contributed by atoms with Gasteiger partial charge in [-0.15, -0.1) is 0 Å². The van der Waals surface area contributed by atoms with Crippen LogP contribution in [-0.4, -0.2) is 24.2 Å². The maximum absolute atomic E-state index is 8.72. The summed E-state index contributed by atoms with van der Waals surface area (Å²) >= 11 is 6.05. The average Bonchev–Trinajstić information content (AvgIpc) is 2.79. The Labute approximate surface area is 106 Å². The number of ether oxygens (including phenoxy) is 1. The fourth-order valence-corrected chi connectivity index (χ4v) is 2.30. The fourth-order valence-electron chi connectivity index (χ4n) is 2.08. The highest BCUT2D eigenvalue weighted by molar-refractivity contribution is 6.33. The molecule has 1 aliphatic carbocycles. The number of halogens is 1. The standard InChI is InChI=1S/C12H14ClN3O/c1-17-10-3-2-9(5-10)16-12-11(13)4-8(6-14)7-15-12/h4,7,9-10H,2-3,5H2,1H3,(H,15,16). The van der Waals surface area contributed by atoms with Crippen molar-refractivity contribution < 1.29 is 4.74 Å². The molecule has 0 radical (unpaired) electrons. The first-order chi connectivity index (χ1) is 8.22. The summed E-state index contributed by atoms with van der Waals surface area (Å²) in [5.41, 5.74) is 0.474. The molecule has 0 spiro atoms. The zero-order valence-corrected chi connectivity index (χ0v) is 10.4. The molecule has 17 heavy (non-hydrogen) atoms. The van der Waals surface area contributed by atoms with Crippen LogP contribution in [0.15, 0.2) is 12.3 Å². The van der Waals surface area contributed by atoms with Gasteiger partial charge in [-0.05, 0) is 25.3 Å². The van der Waals surface area contributed by atoms with E-state index in [0.29, 0.717) is 28.5 Å². The SMILES string of the molecule is COC1CCC(Nc2ncc(C#N)cc2Cl)C1. The number of nitrogens with one attached hydrogen (secondary N) is 1. The highest BCUT2D eigenvalue weighted by atomic mass is 35.5. The van der Waals surface area contributed by atoms with Crippen LogP contribution in [0.4, 0.5) is 5.82 Å². The first-order valence-corrected chi connectivity index (χ1v) is 5.95. The number of hydrogen-bond acceptors (Lipinski definition) is 4. The number of rotatable bonds is 3. The number of aromatic nitrogens is 1. The predicted molar refractivity (Wildman–Crippen MR) is 66.0 cm³/mol. The zero-order chi connectivity index (χ0) is 12.3. The molecule has 1 saturated carbocycles. The van der Waals surface area contributed by atoms with Crippen molar-refractivity contribution in [1.82, 2.24) is 4.98 Å². The number of anilines is 1. The molecule has 0 bridgehead atoms. The van der Waals surface area contributed by atoms with Crippen LogP contribution in [0, 0.1) is 11.3 Å². The molecule has 0 amide bonds. The molecule has 0 aliphatic heterocycles. The van der Waals surface area contributed by atoms with Gasteiger partial charge in [-0.1, -0.05) is 11.6 Å². The van der Waals surface area contributed by atoms with Crippen LogP contribution >= 0.6 is 11.6 Å². The lowest BCUT2D eigenvalue weighted by Gasteiger charge is -2.14. The monoisotopic (exact) mass is 251 g/mol. The van der Waals surface area contributed by atoms with Crippen LogP contribution in [0.2, 0.25) is 5.02 Å². The highest BCUT2D eigenvalue weighted by Crippen LogP contribution is 2.27. The lowest BCUT2D eigenvalue weighted by molar-refractivity contribution is 0.108. The molecule has 1 N–H and O–H groups in total. The molecule has 2 unspecified atom stereocenters. The Balaban J connectivity index is 2.02. The average molecular weight is 252 g/mol. The maximum atomic E-state index is 8.72. The third-order valence-electron chi connectivity index (χ3n) is 3.03. The molecular weight excluding hydrogens is 238 g/mol. The molecule has 4 nitrogen and oxygen atoms in total. The van der Waals surface area contributed by atoms with E-state index in [-0.39, 0.29) is 0 Å². The van der Waals surface area contributed by atoms with E-state index in [1.54, 1.807) is 13.2 Å². The van der Waals surface area contributed by atoms with E-state index in [2.05, 4.69) is 10.3 Å². The number of nitrogens with zero attached hydrogens (tertiary/aromatic N) is 2. The predicted octanol–water partition coefficient (Wildman–Crippen LogP) is 2.59. The summed E-state index contributed by atoms with van der Waals surface area (Å²) < 4.78 is 5.31. The molecule has 1 aromatic rings. The summed E-state index contributed by atoms with van der Waals surface area (Å²) in [6.07, 6.45) is 4.93. The van der Waals surface area contributed by atoms with E-state index in [4.69, 9.17) is 21.6 Å². The van der Waals surface area contributed by atoms with E-state index in [9.17, 15) is 0 Å². The molecule has 5 heteroatoms. The maximum Gasteiger partial charge on any atom is 0.145 e. The fraction of sp³-hybridized carbons (Fsp3) is 0.500. The lowest BCUT2D eigenvalue weighted by Crippen LogP contribution is -2.18. The number of methoxy groups -OCH3 is 1. The molecule has 2 rings (SSSR count). The smallest absolute Gasteiger partial charge is 0.145 e. The van der Waals surface area contributed by atoms with Crippen LogP contribution in [0.3, 0.4) is 0 Å². The van der Waals surface area contributed by atoms with Gasteiger partial charge in [0, 0.05) is 19.3 Å². The molecule has 1 aliphatic rings. The number of pyridine rings is 1. The zero-order valence-electron chi connectivity index (χ0n) is 9.61. The third kappa shape index (κ3) is 2.87. The Morgan fingerprint density at radius 2 is 2.41 bits per heavy atom. The van der Waals surface area contributed by atoms with Crippen LogP contribution in [0.1, 0.15) is 24.8 Å². The van der Waals surface area contributed by atoms with Gasteiger partial charge >= 0.3 is 0 Å². The molecule has 2 atom stereocenters. The topological polar surface area (TPSA) is 57.9 Å². The Kier molecular flexibility index (Phi) is 3.82. The van der Waals surface area contributed by atoms with Crippen molar-refractivity contribution in [2.45, 2.75) is 31.4 Å². The second kappa shape index (κ2) is 5.35. The van der Waals surface area contributed by atoms with Crippen molar-refractivity contribution in [2.24, 2.45) is 0 Å². The summed E-state index contributed by atoms with van der Waals surface area (Å²) in [7, 11) is 1.74. The summed E-state index contributed by atoms with van der Waals surface area (Å²) in [6.45, 7) is 0. The summed E-state index contributed by atoms with van der Waals surface area (Å²) in [5.74, 6) is 0.646. The summed E-state index contributed by atoms with van der Waals surface area (Å²) in [6, 6.07) is 3.98. The second-order valence-corrected chi connectivity index (χ2v) is 4.59. The van der Waals surface area contributed by atoms with Crippen molar-refractivity contribution in [3.8, 4) is 6.07 Å². The largest absolute Gasteiger partial charge is 0.381 e. The first-order valence-electron chi connectivity index (χ1n) is 5.58. The van der Waals surface area contributed by atoms with E-state index < -0.39 is 0 Å². The number of hydrogen-bond donors (Lipinski definition) is 1. The van der Waals surface area contributed by atoms with Gasteiger partial charge in [-0.2, -0.15) is 5.26 Å². The van der Waals surface area contributed by atoms with E-state index in [1.807, 2.05) is 6.07 Å². The van der Waals surface area contributed by atoms with Gasteiger partial charge < -0.3 is 10.1 Å². The van der Waals surface area contributed by atoms with Gasteiger partial charge in [0.1, 0.15) is 11.9 Å². The minimum absolute atomic E-state index is 0.324. The molecule has 1 aromatic heterocycles. The highest BCUT2D eigenvalue weighted by Gasteiger charge is 2.24. The quantitative estimate of drug-likeness (QED) is 0.897. The molecule has 1 heterocycles. The van der Waals surface area contributed by atoms with Crippen LogP contribution in [-0.2, 0) is 4.74 Å². The van der Waals surface area contributed by atoms with Gasteiger partial charge in [-0.25, -0.2) is 4.98 Å². The number of nitriles is 1. The van der Waals surface area contributed by atoms with E-state index in [1.165, 1.54) is 6.20 Å². The van der Waals surface area contributed by atoms with Crippen molar-refractivity contribution in [2.75, 3.05) is 12.4 Å². The first kappa shape index (κ1) is 12.2. The van der Waals surface area contributed by atoms with E-state index >= 15 is 0 Å². The summed E-state index contributed by atoms with van der Waals surface area (Å²) in [5, 5.41) is 12.5. The molecule has 1 fully saturated rings. The van der Waals surface area contributed by atoms with Gasteiger partial charge in [0.15, 0.2) is 0 Å². The Bertz CT molecular complexity index is 444. The van der Waals surface area contributed by atoms with E-state index in [0.717, 1.165) is 19.3 Å². The Hall–Kier alpha value is -1.31. The molecule has 0 saturated heterocycles. The van der Waals surface area contributed by atoms with Gasteiger partial charge in [-0.3, -0.25) is 0 Å². The van der Waals surface area contributed by atoms with Crippen molar-refractivity contribution in [3.63, 3.8) is 0 Å². The van der Waals surface area contributed by atoms with Gasteiger partial charge in [0.05, 0.1) is 16.7 Å². The Morgan fingerprint density at radius 1 is 1.59 bits per heavy atom. The molecule has 0 aromatic carbocycles.